The van der Waals surface area contributed by atoms with Crippen LogP contribution in [0.2, 0.25) is 0 Å². The highest BCUT2D eigenvalue weighted by molar-refractivity contribution is 5.73. The minimum absolute atomic E-state index is 0.0113. The average molecular weight is 546 g/mol. The third-order valence-corrected chi connectivity index (χ3v) is 7.56. The molecule has 212 valence electrons. The predicted octanol–water partition coefficient (Wildman–Crippen LogP) is 4.28. The summed E-state index contributed by atoms with van der Waals surface area (Å²) in [4.78, 5) is 14.0. The Balaban J connectivity index is 1.30. The summed E-state index contributed by atoms with van der Waals surface area (Å²) < 4.78 is 13.0. The number of urea groups is 1. The number of carbonyl (C=O) groups excluding carboxylic acids is 1. The van der Waals surface area contributed by atoms with Crippen LogP contribution >= 0.6 is 0 Å². The molecule has 0 aromatic heterocycles. The maximum atomic E-state index is 11.8. The molecule has 0 bridgehead atoms. The van der Waals surface area contributed by atoms with Crippen molar-refractivity contribution in [2.75, 3.05) is 26.2 Å². The van der Waals surface area contributed by atoms with Gasteiger partial charge in [-0.1, -0.05) is 66.7 Å². The lowest BCUT2D eigenvalue weighted by atomic mass is 9.99. The summed E-state index contributed by atoms with van der Waals surface area (Å²) in [6, 6.07) is 24.1. The van der Waals surface area contributed by atoms with Crippen LogP contribution < -0.4 is 10.6 Å². The van der Waals surface area contributed by atoms with Crippen molar-refractivity contribution in [2.24, 2.45) is 0 Å². The molecular weight excluding hydrogens is 506 g/mol. The quantitative estimate of drug-likeness (QED) is 0.320. The highest BCUT2D eigenvalue weighted by atomic mass is 16.7. The number of aliphatic hydroxyl groups excluding tert-OH is 2. The van der Waals surface area contributed by atoms with Crippen molar-refractivity contribution < 1.29 is 24.5 Å². The molecule has 4 atom stereocenters. The Morgan fingerprint density at radius 3 is 2.42 bits per heavy atom. The second-order valence-corrected chi connectivity index (χ2v) is 10.6. The molecule has 3 aromatic carbocycles. The van der Waals surface area contributed by atoms with Crippen LogP contribution in [0, 0.1) is 0 Å². The molecule has 0 spiro atoms. The minimum atomic E-state index is -0.518. The van der Waals surface area contributed by atoms with E-state index in [0.717, 1.165) is 59.3 Å². The van der Waals surface area contributed by atoms with Crippen LogP contribution in [0.3, 0.4) is 0 Å². The molecular formula is C32H39N3O5. The smallest absolute Gasteiger partial charge is 0.315 e. The Kier molecular flexibility index (Phi) is 9.46. The van der Waals surface area contributed by atoms with E-state index in [1.807, 2.05) is 55.5 Å². The summed E-state index contributed by atoms with van der Waals surface area (Å²) in [6.07, 6.45) is 0.543. The molecule has 2 saturated heterocycles. The summed E-state index contributed by atoms with van der Waals surface area (Å²) in [5, 5.41) is 25.1. The van der Waals surface area contributed by atoms with Crippen molar-refractivity contribution in [3.63, 3.8) is 0 Å². The molecule has 2 amide bonds. The second-order valence-electron chi connectivity index (χ2n) is 10.6. The maximum absolute atomic E-state index is 11.8. The largest absolute Gasteiger partial charge is 0.392 e. The van der Waals surface area contributed by atoms with Gasteiger partial charge < -0.3 is 30.3 Å². The zero-order chi connectivity index (χ0) is 27.9. The van der Waals surface area contributed by atoms with Crippen LogP contribution in [0.4, 0.5) is 4.79 Å². The molecule has 2 aliphatic heterocycles. The standard InChI is InChI=1S/C32H39N3O5/c1-2-33-32(38)34-18-23-4-3-5-27(16-23)24-10-12-26(13-11-24)31-39-29(20-35-15-14-28(37)19-35)17-30(40-31)25-8-6-22(21-36)7-9-25/h3-13,16,28-31,36-37H,2,14-15,17-21H2,1H3,(H2,33,34,38)/t28-,29+,30-,31-/m0/s1. The third kappa shape index (κ3) is 7.27. The fraction of sp³-hybridized carbons (Fsp3) is 0.406. The van der Waals surface area contributed by atoms with E-state index in [2.05, 4.69) is 39.8 Å². The molecule has 40 heavy (non-hydrogen) atoms. The molecule has 8 nitrogen and oxygen atoms in total. The Labute approximate surface area is 235 Å². The number of rotatable bonds is 9. The van der Waals surface area contributed by atoms with Gasteiger partial charge in [-0.2, -0.15) is 0 Å². The van der Waals surface area contributed by atoms with Gasteiger partial charge in [0, 0.05) is 44.7 Å². The lowest BCUT2D eigenvalue weighted by molar-refractivity contribution is -0.252. The number of nitrogens with zero attached hydrogens (tertiary/aromatic N) is 1. The predicted molar refractivity (Wildman–Crippen MR) is 153 cm³/mol. The zero-order valence-corrected chi connectivity index (χ0v) is 23.0. The lowest BCUT2D eigenvalue weighted by Crippen LogP contribution is -2.38. The van der Waals surface area contributed by atoms with Gasteiger partial charge in [-0.15, -0.1) is 0 Å². The Morgan fingerprint density at radius 1 is 0.950 bits per heavy atom. The van der Waals surface area contributed by atoms with Crippen LogP contribution in [-0.2, 0) is 22.6 Å². The average Bonchev–Trinajstić information content (AvgIpc) is 3.40. The van der Waals surface area contributed by atoms with Crippen LogP contribution in [0.1, 0.15) is 54.4 Å². The zero-order valence-electron chi connectivity index (χ0n) is 23.0. The summed E-state index contributed by atoms with van der Waals surface area (Å²) in [6.45, 7) is 5.24. The Morgan fingerprint density at radius 2 is 1.73 bits per heavy atom. The molecule has 2 aliphatic rings. The number of hydrogen-bond acceptors (Lipinski definition) is 6. The highest BCUT2D eigenvalue weighted by Crippen LogP contribution is 2.39. The van der Waals surface area contributed by atoms with E-state index >= 15 is 0 Å². The van der Waals surface area contributed by atoms with Crippen LogP contribution in [0.5, 0.6) is 0 Å². The molecule has 0 unspecified atom stereocenters. The third-order valence-electron chi connectivity index (χ3n) is 7.56. The van der Waals surface area contributed by atoms with E-state index in [0.29, 0.717) is 19.6 Å². The number of benzene rings is 3. The van der Waals surface area contributed by atoms with Gasteiger partial charge in [-0.25, -0.2) is 4.79 Å². The molecule has 0 aliphatic carbocycles. The first kappa shape index (κ1) is 28.3. The molecule has 8 heteroatoms. The van der Waals surface area contributed by atoms with E-state index < -0.39 is 6.29 Å². The Hall–Kier alpha value is -3.27. The first-order chi connectivity index (χ1) is 19.5. The fourth-order valence-electron chi connectivity index (χ4n) is 5.40. The van der Waals surface area contributed by atoms with E-state index in [1.165, 1.54) is 0 Å². The van der Waals surface area contributed by atoms with Crippen molar-refractivity contribution in [1.29, 1.82) is 0 Å². The van der Waals surface area contributed by atoms with E-state index in [4.69, 9.17) is 9.47 Å². The van der Waals surface area contributed by atoms with Gasteiger partial charge in [0.05, 0.1) is 24.9 Å². The van der Waals surface area contributed by atoms with E-state index in [9.17, 15) is 15.0 Å². The topological polar surface area (TPSA) is 103 Å². The van der Waals surface area contributed by atoms with Gasteiger partial charge in [-0.3, -0.25) is 4.90 Å². The number of β-amino-alcohol motifs (C(OH)–C–C–N with tert-alkyl or cyclic N) is 1. The van der Waals surface area contributed by atoms with Gasteiger partial charge in [0.2, 0.25) is 0 Å². The number of likely N-dealkylation sites (tertiary alicyclic amines) is 1. The van der Waals surface area contributed by atoms with Crippen molar-refractivity contribution in [3.8, 4) is 11.1 Å². The number of nitrogens with one attached hydrogen (secondary N) is 2. The maximum Gasteiger partial charge on any atom is 0.315 e. The molecule has 2 fully saturated rings. The van der Waals surface area contributed by atoms with Gasteiger partial charge in [0.25, 0.3) is 0 Å². The van der Waals surface area contributed by atoms with Gasteiger partial charge in [-0.05, 0) is 47.2 Å². The second kappa shape index (κ2) is 13.4. The van der Waals surface area contributed by atoms with Crippen LogP contribution in [0.15, 0.2) is 72.8 Å². The first-order valence-electron chi connectivity index (χ1n) is 14.1. The molecule has 0 saturated carbocycles. The lowest BCUT2D eigenvalue weighted by Gasteiger charge is -2.37. The van der Waals surface area contributed by atoms with Gasteiger partial charge >= 0.3 is 6.03 Å². The molecule has 2 heterocycles. The highest BCUT2D eigenvalue weighted by Gasteiger charge is 2.34. The number of ether oxygens (including phenoxy) is 2. The minimum Gasteiger partial charge on any atom is -0.392 e. The summed E-state index contributed by atoms with van der Waals surface area (Å²) in [7, 11) is 0. The normalized spacial score (nSPS) is 23.2. The summed E-state index contributed by atoms with van der Waals surface area (Å²) >= 11 is 0. The molecule has 0 radical (unpaired) electrons. The number of carbonyl (C=O) groups is 1. The van der Waals surface area contributed by atoms with Crippen molar-refractivity contribution >= 4 is 6.03 Å². The van der Waals surface area contributed by atoms with Crippen molar-refractivity contribution in [1.82, 2.24) is 15.5 Å². The summed E-state index contributed by atoms with van der Waals surface area (Å²) in [5.74, 6) is 0. The number of aliphatic hydroxyl groups is 2. The van der Waals surface area contributed by atoms with E-state index in [1.54, 1.807) is 0 Å². The van der Waals surface area contributed by atoms with Crippen molar-refractivity contribution in [3.05, 3.63) is 95.1 Å². The fourth-order valence-corrected chi connectivity index (χ4v) is 5.40. The van der Waals surface area contributed by atoms with Crippen LogP contribution in [0.25, 0.3) is 11.1 Å². The van der Waals surface area contributed by atoms with Crippen molar-refractivity contribution in [2.45, 2.75) is 57.5 Å². The monoisotopic (exact) mass is 545 g/mol. The van der Waals surface area contributed by atoms with Gasteiger partial charge in [0.15, 0.2) is 6.29 Å². The van der Waals surface area contributed by atoms with Gasteiger partial charge in [0.1, 0.15) is 0 Å². The first-order valence-corrected chi connectivity index (χ1v) is 14.1. The Bertz CT molecular complexity index is 1250. The molecule has 5 rings (SSSR count). The van der Waals surface area contributed by atoms with Crippen LogP contribution in [-0.4, -0.2) is 59.5 Å². The number of amides is 2. The van der Waals surface area contributed by atoms with E-state index in [-0.39, 0.29) is 30.9 Å². The number of hydrogen-bond donors (Lipinski definition) is 4. The molecule has 3 aromatic rings. The SMILES string of the molecule is CCNC(=O)NCc1cccc(-c2ccc([C@H]3O[C@@H](CN4CC[C@H](O)C4)C[C@@H](c4ccc(CO)cc4)O3)cc2)c1. The molecule has 4 N–H and O–H groups in total. The summed E-state index contributed by atoms with van der Waals surface area (Å²) in [5.41, 5.74) is 6.04.